The zero-order chi connectivity index (χ0) is 16.1. The van der Waals surface area contributed by atoms with Crippen molar-refractivity contribution in [2.75, 3.05) is 46.8 Å². The Hall–Kier alpha value is -1.18. The lowest BCUT2D eigenvalue weighted by atomic mass is 10.3. The number of hydrogen-bond donors (Lipinski definition) is 1. The molecule has 2 rings (SSSR count). The van der Waals surface area contributed by atoms with Crippen LogP contribution in [0.4, 0.5) is 4.79 Å². The molecular weight excluding hydrogens is 298 g/mol. The lowest BCUT2D eigenvalue weighted by Gasteiger charge is -2.34. The van der Waals surface area contributed by atoms with Crippen LogP contribution in [0.2, 0.25) is 0 Å². The fraction of sp³-hybridized carbons (Fsp3) is 0.733. The molecule has 1 aliphatic heterocycles. The molecule has 1 aromatic rings. The van der Waals surface area contributed by atoms with E-state index in [4.69, 9.17) is 0 Å². The number of urea groups is 1. The Morgan fingerprint density at radius 1 is 1.41 bits per heavy atom. The topological polar surface area (TPSA) is 51.7 Å². The minimum atomic E-state index is 0.0536. The van der Waals surface area contributed by atoms with Crippen molar-refractivity contribution < 1.29 is 4.79 Å². The quantitative estimate of drug-likeness (QED) is 0.885. The van der Waals surface area contributed by atoms with E-state index in [1.807, 2.05) is 25.9 Å². The van der Waals surface area contributed by atoms with Crippen LogP contribution in [-0.4, -0.2) is 78.6 Å². The summed E-state index contributed by atoms with van der Waals surface area (Å²) in [5, 5.41) is 6.25. The van der Waals surface area contributed by atoms with Crippen LogP contribution in [0.25, 0.3) is 0 Å². The van der Waals surface area contributed by atoms with Crippen molar-refractivity contribution in [3.63, 3.8) is 0 Å². The van der Waals surface area contributed by atoms with Gasteiger partial charge in [-0.25, -0.2) is 9.78 Å². The minimum absolute atomic E-state index is 0.0536. The number of nitrogens with zero attached hydrogens (tertiary/aromatic N) is 4. The van der Waals surface area contributed by atoms with Gasteiger partial charge in [0.2, 0.25) is 0 Å². The number of piperazine rings is 1. The molecule has 1 saturated heterocycles. The second-order valence-electron chi connectivity index (χ2n) is 6.12. The molecule has 2 amide bonds. The van der Waals surface area contributed by atoms with Gasteiger partial charge in [0.15, 0.2) is 0 Å². The maximum absolute atomic E-state index is 12.2. The van der Waals surface area contributed by atoms with Crippen LogP contribution in [0.3, 0.4) is 0 Å². The van der Waals surface area contributed by atoms with Gasteiger partial charge < -0.3 is 15.1 Å². The number of carbonyl (C=O) groups is 1. The van der Waals surface area contributed by atoms with Crippen LogP contribution in [0.15, 0.2) is 5.38 Å². The van der Waals surface area contributed by atoms with Crippen molar-refractivity contribution in [1.82, 2.24) is 25.0 Å². The highest BCUT2D eigenvalue weighted by Gasteiger charge is 2.21. The summed E-state index contributed by atoms with van der Waals surface area (Å²) < 4.78 is 0. The van der Waals surface area contributed by atoms with E-state index in [-0.39, 0.29) is 6.03 Å². The summed E-state index contributed by atoms with van der Waals surface area (Å²) in [7, 11) is 4.05. The summed E-state index contributed by atoms with van der Waals surface area (Å²) in [5.41, 5.74) is 1.14. The van der Waals surface area contributed by atoms with Crippen LogP contribution < -0.4 is 5.32 Å². The summed E-state index contributed by atoms with van der Waals surface area (Å²) in [6, 6.07) is 0.399. The Morgan fingerprint density at radius 2 is 2.09 bits per heavy atom. The maximum atomic E-state index is 12.2. The largest absolute Gasteiger partial charge is 0.336 e. The summed E-state index contributed by atoms with van der Waals surface area (Å²) >= 11 is 1.69. The average molecular weight is 325 g/mol. The van der Waals surface area contributed by atoms with Gasteiger partial charge in [-0.1, -0.05) is 0 Å². The van der Waals surface area contributed by atoms with Crippen LogP contribution >= 0.6 is 11.3 Å². The van der Waals surface area contributed by atoms with E-state index in [1.54, 1.807) is 11.3 Å². The van der Waals surface area contributed by atoms with Gasteiger partial charge in [0.1, 0.15) is 0 Å². The number of likely N-dealkylation sites (N-methyl/N-ethyl adjacent to an activating group) is 1. The van der Waals surface area contributed by atoms with Gasteiger partial charge >= 0.3 is 6.03 Å². The van der Waals surface area contributed by atoms with E-state index in [1.165, 1.54) is 0 Å². The predicted octanol–water partition coefficient (Wildman–Crippen LogP) is 1.23. The number of thiazole rings is 1. The lowest BCUT2D eigenvalue weighted by Crippen LogP contribution is -2.52. The second-order valence-corrected chi connectivity index (χ2v) is 7.18. The Morgan fingerprint density at radius 3 is 2.64 bits per heavy atom. The molecule has 0 aliphatic carbocycles. The monoisotopic (exact) mass is 325 g/mol. The Bertz CT molecular complexity index is 482. The highest BCUT2D eigenvalue weighted by atomic mass is 32.1. The molecule has 0 saturated carbocycles. The van der Waals surface area contributed by atoms with Crippen molar-refractivity contribution in [3.8, 4) is 0 Å². The van der Waals surface area contributed by atoms with Gasteiger partial charge in [0.25, 0.3) is 0 Å². The van der Waals surface area contributed by atoms with E-state index in [2.05, 4.69) is 32.4 Å². The van der Waals surface area contributed by atoms with Gasteiger partial charge in [-0.2, -0.15) is 0 Å². The van der Waals surface area contributed by atoms with E-state index >= 15 is 0 Å². The number of carbonyl (C=O) groups excluding carboxylic acids is 1. The number of nitrogens with one attached hydrogen (secondary N) is 1. The first-order valence-corrected chi connectivity index (χ1v) is 8.66. The molecule has 0 radical (unpaired) electrons. The lowest BCUT2D eigenvalue weighted by molar-refractivity contribution is 0.133. The normalized spacial score (nSPS) is 17.8. The molecule has 0 spiro atoms. The third kappa shape index (κ3) is 4.93. The highest BCUT2D eigenvalue weighted by Crippen LogP contribution is 2.12. The van der Waals surface area contributed by atoms with Gasteiger partial charge in [0.05, 0.1) is 10.7 Å². The van der Waals surface area contributed by atoms with Crippen LogP contribution in [0.5, 0.6) is 0 Å². The molecule has 1 N–H and O–H groups in total. The fourth-order valence-electron chi connectivity index (χ4n) is 2.35. The van der Waals surface area contributed by atoms with Gasteiger partial charge in [-0.3, -0.25) is 4.90 Å². The van der Waals surface area contributed by atoms with Crippen LogP contribution in [0.1, 0.15) is 17.6 Å². The first-order chi connectivity index (χ1) is 10.5. The average Bonchev–Trinajstić information content (AvgIpc) is 2.90. The molecule has 7 heteroatoms. The molecule has 1 fully saturated rings. The SMILES string of the molecule is Cc1nc(CN2CCN(C(=O)NC[C@@H](C)N(C)C)CC2)cs1. The highest BCUT2D eigenvalue weighted by molar-refractivity contribution is 7.09. The predicted molar refractivity (Wildman–Crippen MR) is 90.2 cm³/mol. The van der Waals surface area contributed by atoms with Crippen LogP contribution in [0, 0.1) is 6.92 Å². The van der Waals surface area contributed by atoms with Crippen molar-refractivity contribution >= 4 is 17.4 Å². The van der Waals surface area contributed by atoms with Crippen molar-refractivity contribution in [3.05, 3.63) is 16.1 Å². The molecule has 1 aromatic heterocycles. The molecule has 124 valence electrons. The first-order valence-electron chi connectivity index (χ1n) is 7.78. The minimum Gasteiger partial charge on any atom is -0.336 e. The Balaban J connectivity index is 1.71. The third-order valence-corrected chi connectivity index (χ3v) is 4.96. The van der Waals surface area contributed by atoms with E-state index in [0.717, 1.165) is 43.4 Å². The van der Waals surface area contributed by atoms with Crippen LogP contribution in [-0.2, 0) is 6.54 Å². The molecule has 1 aliphatic rings. The number of aryl methyl sites for hydroxylation is 1. The fourth-order valence-corrected chi connectivity index (χ4v) is 2.95. The molecular formula is C15H27N5OS. The molecule has 0 aromatic carbocycles. The van der Waals surface area contributed by atoms with E-state index < -0.39 is 0 Å². The van der Waals surface area contributed by atoms with Crippen molar-refractivity contribution in [2.45, 2.75) is 26.4 Å². The van der Waals surface area contributed by atoms with E-state index in [0.29, 0.717) is 12.6 Å². The summed E-state index contributed by atoms with van der Waals surface area (Å²) in [4.78, 5) is 23.0. The number of rotatable bonds is 5. The maximum Gasteiger partial charge on any atom is 0.317 e. The molecule has 2 heterocycles. The summed E-state index contributed by atoms with van der Waals surface area (Å²) in [5.74, 6) is 0. The zero-order valence-electron chi connectivity index (χ0n) is 14.0. The first kappa shape index (κ1) is 17.2. The molecule has 0 unspecified atom stereocenters. The number of amides is 2. The van der Waals surface area contributed by atoms with Gasteiger partial charge in [0, 0.05) is 50.7 Å². The summed E-state index contributed by atoms with van der Waals surface area (Å²) in [6.07, 6.45) is 0. The zero-order valence-corrected chi connectivity index (χ0v) is 14.8. The molecule has 0 bridgehead atoms. The summed E-state index contributed by atoms with van der Waals surface area (Å²) in [6.45, 7) is 9.10. The third-order valence-electron chi connectivity index (χ3n) is 4.14. The van der Waals surface area contributed by atoms with Gasteiger partial charge in [-0.15, -0.1) is 11.3 Å². The standard InChI is InChI=1S/C15H27N5OS/c1-12(18(3)4)9-16-15(21)20-7-5-19(6-8-20)10-14-11-22-13(2)17-14/h11-12H,5-10H2,1-4H3,(H,16,21)/t12-/m1/s1. The number of hydrogen-bond acceptors (Lipinski definition) is 5. The van der Waals surface area contributed by atoms with Crippen molar-refractivity contribution in [1.29, 1.82) is 0 Å². The Kier molecular flexibility index (Phi) is 6.16. The van der Waals surface area contributed by atoms with Gasteiger partial charge in [-0.05, 0) is 27.9 Å². The Labute approximate surface area is 137 Å². The molecule has 22 heavy (non-hydrogen) atoms. The molecule has 6 nitrogen and oxygen atoms in total. The second kappa shape index (κ2) is 7.89. The smallest absolute Gasteiger partial charge is 0.317 e. The van der Waals surface area contributed by atoms with E-state index in [9.17, 15) is 4.79 Å². The van der Waals surface area contributed by atoms with Crippen molar-refractivity contribution in [2.24, 2.45) is 0 Å². The molecule has 1 atom stereocenters. The number of aromatic nitrogens is 1.